The highest BCUT2D eigenvalue weighted by atomic mass is 16.1. The van der Waals surface area contributed by atoms with Crippen molar-refractivity contribution in [1.82, 2.24) is 0 Å². The average molecular weight is 306 g/mol. The molecule has 23 heavy (non-hydrogen) atoms. The maximum Gasteiger partial charge on any atom is 0.240 e. The van der Waals surface area contributed by atoms with Gasteiger partial charge in [0.05, 0.1) is 0 Å². The third-order valence-electron chi connectivity index (χ3n) is 4.45. The summed E-state index contributed by atoms with van der Waals surface area (Å²) in [6, 6.07) is 16.5. The van der Waals surface area contributed by atoms with Gasteiger partial charge >= 0.3 is 0 Å². The van der Waals surface area contributed by atoms with Gasteiger partial charge in [-0.1, -0.05) is 48.6 Å². The van der Waals surface area contributed by atoms with E-state index in [1.54, 1.807) is 0 Å². The first kappa shape index (κ1) is 15.3. The van der Waals surface area contributed by atoms with Crippen LogP contribution in [0, 0.1) is 6.92 Å². The number of anilines is 1. The number of benzene rings is 2. The molecule has 1 atom stereocenters. The molecule has 2 aromatic rings. The smallest absolute Gasteiger partial charge is 0.240 e. The van der Waals surface area contributed by atoms with Crippen LogP contribution in [0.3, 0.4) is 0 Å². The lowest BCUT2D eigenvalue weighted by atomic mass is 10.1. The van der Waals surface area contributed by atoms with Crippen LogP contribution in [-0.4, -0.2) is 18.5 Å². The summed E-state index contributed by atoms with van der Waals surface area (Å²) in [6.07, 6.45) is 6.11. The third-order valence-corrected chi connectivity index (χ3v) is 4.45. The zero-order valence-corrected chi connectivity index (χ0v) is 13.4. The Kier molecular flexibility index (Phi) is 4.47. The molecule has 3 heteroatoms. The molecule has 118 valence electrons. The second-order valence-corrected chi connectivity index (χ2v) is 6.04. The molecule has 2 aromatic carbocycles. The molecule has 1 amide bonds. The van der Waals surface area contributed by atoms with Crippen molar-refractivity contribution in [2.75, 3.05) is 11.4 Å². The van der Waals surface area contributed by atoms with E-state index >= 15 is 0 Å². The minimum Gasteiger partial charge on any atom is -0.368 e. The fourth-order valence-electron chi connectivity index (χ4n) is 3.11. The predicted octanol–water partition coefficient (Wildman–Crippen LogP) is 3.62. The summed E-state index contributed by atoms with van der Waals surface area (Å²) in [5, 5.41) is 0. The van der Waals surface area contributed by atoms with Crippen molar-refractivity contribution < 1.29 is 4.79 Å². The molecule has 0 spiro atoms. The Labute approximate surface area is 137 Å². The van der Waals surface area contributed by atoms with Gasteiger partial charge in [-0.3, -0.25) is 4.79 Å². The van der Waals surface area contributed by atoms with Crippen LogP contribution < -0.4 is 10.6 Å². The summed E-state index contributed by atoms with van der Waals surface area (Å²) in [7, 11) is 0. The van der Waals surface area contributed by atoms with Crippen molar-refractivity contribution in [3.63, 3.8) is 0 Å². The lowest BCUT2D eigenvalue weighted by Gasteiger charge is -2.24. The number of aryl methyl sites for hydroxylation is 1. The number of hydrogen-bond acceptors (Lipinski definition) is 2. The lowest BCUT2D eigenvalue weighted by molar-refractivity contribution is -0.119. The maximum absolute atomic E-state index is 11.5. The highest BCUT2D eigenvalue weighted by molar-refractivity contribution is 5.84. The molecule has 1 heterocycles. The number of carbonyl (C=O) groups excluding carboxylic acids is 1. The van der Waals surface area contributed by atoms with Crippen molar-refractivity contribution in [3.05, 3.63) is 65.2 Å². The predicted molar refractivity (Wildman–Crippen MR) is 96.1 cm³/mol. The van der Waals surface area contributed by atoms with E-state index < -0.39 is 0 Å². The molecule has 2 N–H and O–H groups in total. The summed E-state index contributed by atoms with van der Waals surface area (Å²) in [5.41, 5.74) is 10.2. The van der Waals surface area contributed by atoms with Crippen LogP contribution in [0.1, 0.15) is 29.5 Å². The van der Waals surface area contributed by atoms with E-state index in [0.717, 1.165) is 30.6 Å². The molecule has 3 nitrogen and oxygen atoms in total. The van der Waals surface area contributed by atoms with Crippen LogP contribution >= 0.6 is 0 Å². The van der Waals surface area contributed by atoms with Crippen LogP contribution in [0.15, 0.2) is 48.5 Å². The highest BCUT2D eigenvalue weighted by Gasteiger charge is 2.28. The molecule has 0 unspecified atom stereocenters. The van der Waals surface area contributed by atoms with Gasteiger partial charge in [0.1, 0.15) is 6.04 Å². The van der Waals surface area contributed by atoms with Gasteiger partial charge in [0.25, 0.3) is 0 Å². The second kappa shape index (κ2) is 6.69. The average Bonchev–Trinajstić information content (AvgIpc) is 3.04. The number of carbonyl (C=O) groups is 1. The minimum absolute atomic E-state index is 0.164. The van der Waals surface area contributed by atoms with Gasteiger partial charge in [-0.15, -0.1) is 0 Å². The van der Waals surface area contributed by atoms with E-state index in [-0.39, 0.29) is 11.9 Å². The van der Waals surface area contributed by atoms with Gasteiger partial charge < -0.3 is 10.6 Å². The van der Waals surface area contributed by atoms with Crippen LogP contribution in [0.5, 0.6) is 0 Å². The molecule has 1 aliphatic heterocycles. The fraction of sp³-hybridized carbons (Fsp3) is 0.250. The third kappa shape index (κ3) is 3.45. The van der Waals surface area contributed by atoms with E-state index in [9.17, 15) is 4.79 Å². The Bertz CT molecular complexity index is 719. The Morgan fingerprint density at radius 3 is 2.57 bits per heavy atom. The van der Waals surface area contributed by atoms with Crippen LogP contribution in [0.2, 0.25) is 0 Å². The standard InChI is InChI=1S/C20H22N2O/c1-15-5-2-3-6-17(15)11-8-16-9-12-18(13-10-16)22-14-4-7-19(22)20(21)23/h2-3,5-6,8-13,19H,4,7,14H2,1H3,(H2,21,23)/b11-8+/t19-/m1/s1. The van der Waals surface area contributed by atoms with Crippen molar-refractivity contribution in [3.8, 4) is 0 Å². The van der Waals surface area contributed by atoms with E-state index in [2.05, 4.69) is 60.4 Å². The van der Waals surface area contributed by atoms with Crippen LogP contribution in [-0.2, 0) is 4.79 Å². The first-order valence-electron chi connectivity index (χ1n) is 8.05. The number of amides is 1. The molecular formula is C20H22N2O. The van der Waals surface area contributed by atoms with Gasteiger partial charge in [-0.25, -0.2) is 0 Å². The summed E-state index contributed by atoms with van der Waals surface area (Å²) >= 11 is 0. The topological polar surface area (TPSA) is 46.3 Å². The molecule has 3 rings (SSSR count). The molecule has 0 bridgehead atoms. The van der Waals surface area contributed by atoms with Crippen molar-refractivity contribution in [1.29, 1.82) is 0 Å². The zero-order valence-electron chi connectivity index (χ0n) is 13.4. The number of nitrogens with zero attached hydrogens (tertiary/aromatic N) is 1. The summed E-state index contributed by atoms with van der Waals surface area (Å²) in [6.45, 7) is 3.01. The van der Waals surface area contributed by atoms with Gasteiger partial charge in [0, 0.05) is 12.2 Å². The first-order chi connectivity index (χ1) is 11.1. The van der Waals surface area contributed by atoms with Crippen molar-refractivity contribution in [2.24, 2.45) is 5.73 Å². The molecule has 0 aliphatic carbocycles. The maximum atomic E-state index is 11.5. The van der Waals surface area contributed by atoms with Crippen molar-refractivity contribution in [2.45, 2.75) is 25.8 Å². The van der Waals surface area contributed by atoms with Gasteiger partial charge in [0.2, 0.25) is 5.91 Å². The van der Waals surface area contributed by atoms with Crippen molar-refractivity contribution >= 4 is 23.7 Å². The summed E-state index contributed by atoms with van der Waals surface area (Å²) < 4.78 is 0. The molecule has 1 fully saturated rings. The normalized spacial score (nSPS) is 17.8. The fourth-order valence-corrected chi connectivity index (χ4v) is 3.11. The summed E-state index contributed by atoms with van der Waals surface area (Å²) in [4.78, 5) is 13.6. The van der Waals surface area contributed by atoms with Gasteiger partial charge in [0.15, 0.2) is 0 Å². The number of rotatable bonds is 4. The van der Waals surface area contributed by atoms with E-state index in [1.165, 1.54) is 11.1 Å². The molecule has 0 aromatic heterocycles. The Morgan fingerprint density at radius 2 is 1.87 bits per heavy atom. The lowest BCUT2D eigenvalue weighted by Crippen LogP contribution is -2.40. The number of primary amides is 1. The summed E-state index contributed by atoms with van der Waals surface area (Å²) in [5.74, 6) is -0.231. The zero-order chi connectivity index (χ0) is 16.2. The number of hydrogen-bond donors (Lipinski definition) is 1. The number of nitrogens with two attached hydrogens (primary N) is 1. The van der Waals surface area contributed by atoms with E-state index in [1.807, 2.05) is 12.1 Å². The minimum atomic E-state index is -0.231. The largest absolute Gasteiger partial charge is 0.368 e. The highest BCUT2D eigenvalue weighted by Crippen LogP contribution is 2.26. The SMILES string of the molecule is Cc1ccccc1/C=C/c1ccc(N2CCC[C@@H]2C(N)=O)cc1. The Hall–Kier alpha value is -2.55. The molecule has 1 saturated heterocycles. The second-order valence-electron chi connectivity index (χ2n) is 6.04. The molecular weight excluding hydrogens is 284 g/mol. The van der Waals surface area contributed by atoms with Crippen LogP contribution in [0.4, 0.5) is 5.69 Å². The molecule has 0 saturated carbocycles. The molecule has 0 radical (unpaired) electrons. The Balaban J connectivity index is 1.75. The van der Waals surface area contributed by atoms with Gasteiger partial charge in [-0.05, 0) is 48.6 Å². The quantitative estimate of drug-likeness (QED) is 0.877. The first-order valence-corrected chi connectivity index (χ1v) is 8.05. The van der Waals surface area contributed by atoms with Crippen LogP contribution in [0.25, 0.3) is 12.2 Å². The molecule has 1 aliphatic rings. The monoisotopic (exact) mass is 306 g/mol. The Morgan fingerprint density at radius 1 is 1.13 bits per heavy atom. The van der Waals surface area contributed by atoms with Gasteiger partial charge in [-0.2, -0.15) is 0 Å². The van der Waals surface area contributed by atoms with E-state index in [0.29, 0.717) is 0 Å². The van der Waals surface area contributed by atoms with E-state index in [4.69, 9.17) is 5.73 Å².